The summed E-state index contributed by atoms with van der Waals surface area (Å²) >= 11 is 5.80. The Labute approximate surface area is 217 Å². The number of amides is 2. The molecule has 0 saturated carbocycles. The van der Waals surface area contributed by atoms with Crippen LogP contribution < -0.4 is 15.5 Å². The monoisotopic (exact) mass is 543 g/mol. The molecule has 1 aliphatic heterocycles. The molecular weight excluding hydrogens is 516 g/mol. The van der Waals surface area contributed by atoms with E-state index >= 15 is 0 Å². The second kappa shape index (κ2) is 14.0. The first-order valence-corrected chi connectivity index (χ1v) is 11.4. The van der Waals surface area contributed by atoms with Crippen molar-refractivity contribution in [1.29, 1.82) is 0 Å². The average Bonchev–Trinajstić information content (AvgIpc) is 3.29. The summed E-state index contributed by atoms with van der Waals surface area (Å²) in [5.74, 6) is -4.65. The molecule has 37 heavy (non-hydrogen) atoms. The van der Waals surface area contributed by atoms with Gasteiger partial charge in [-0.05, 0) is 49.2 Å². The molecule has 3 rings (SSSR count). The highest BCUT2D eigenvalue weighted by molar-refractivity contribution is 6.30. The van der Waals surface area contributed by atoms with Gasteiger partial charge >= 0.3 is 0 Å². The first-order valence-electron chi connectivity index (χ1n) is 11.1. The fraction of sp³-hybridized carbons (Fsp3) is 0.375. The zero-order chi connectivity index (χ0) is 27.6. The first-order chi connectivity index (χ1) is 17.8. The maximum atomic E-state index is 14.9. The number of halogens is 3. The number of ether oxygens (including phenoxy) is 2. The molecule has 0 radical (unpaired) electrons. The lowest BCUT2D eigenvalue weighted by atomic mass is 9.94. The van der Waals surface area contributed by atoms with Gasteiger partial charge in [-0.15, -0.1) is 0 Å². The second-order valence-corrected chi connectivity index (χ2v) is 8.45. The molecule has 10 nitrogen and oxygen atoms in total. The summed E-state index contributed by atoms with van der Waals surface area (Å²) in [6, 6.07) is 6.59. The van der Waals surface area contributed by atoms with Gasteiger partial charge in [0.05, 0.1) is 19.3 Å². The number of hydroxylamine groups is 1. The van der Waals surface area contributed by atoms with Crippen LogP contribution in [0.2, 0.25) is 5.02 Å². The number of aliphatic hydroxyl groups excluding tert-OH is 1. The Balaban J connectivity index is 0.00000235. The van der Waals surface area contributed by atoms with Gasteiger partial charge in [-0.1, -0.05) is 11.6 Å². The van der Waals surface area contributed by atoms with E-state index in [4.69, 9.17) is 25.9 Å². The third-order valence-electron chi connectivity index (χ3n) is 5.85. The second-order valence-electron chi connectivity index (χ2n) is 8.02. The van der Waals surface area contributed by atoms with Gasteiger partial charge in [-0.3, -0.25) is 14.8 Å². The summed E-state index contributed by atoms with van der Waals surface area (Å²) in [7, 11) is 1.49. The molecule has 0 spiro atoms. The van der Waals surface area contributed by atoms with E-state index in [1.54, 1.807) is 5.48 Å². The summed E-state index contributed by atoms with van der Waals surface area (Å²) in [4.78, 5) is 35.3. The average molecular weight is 544 g/mol. The smallest absolute Gasteiger partial charge is 0.270 e. The third kappa shape index (κ3) is 6.79. The molecule has 2 aromatic carbocycles. The normalized spacial score (nSPS) is 18.6. The number of nitrogens with zero attached hydrogens (tertiary/aromatic N) is 1. The SMILES string of the molecule is C=O.COCCNCC1(C(=O)NO)CCC(CO)N1C(=O)c1cc(F)c(Oc2ccc(Cl)cc2)c(F)c1. The van der Waals surface area contributed by atoms with Crippen LogP contribution in [0.5, 0.6) is 11.5 Å². The Morgan fingerprint density at radius 1 is 1.22 bits per heavy atom. The number of nitrogens with one attached hydrogen (secondary N) is 2. The lowest BCUT2D eigenvalue weighted by molar-refractivity contribution is -0.140. The lowest BCUT2D eigenvalue weighted by Crippen LogP contribution is -2.64. The molecule has 2 atom stereocenters. The Kier molecular flexibility index (Phi) is 11.3. The molecule has 1 fully saturated rings. The van der Waals surface area contributed by atoms with Crippen LogP contribution in [0, 0.1) is 11.6 Å². The van der Waals surface area contributed by atoms with Crippen molar-refractivity contribution >= 4 is 30.2 Å². The predicted octanol–water partition coefficient (Wildman–Crippen LogP) is 2.30. The number of carbonyl (C=O) groups is 3. The van der Waals surface area contributed by atoms with E-state index in [-0.39, 0.29) is 25.1 Å². The van der Waals surface area contributed by atoms with Crippen LogP contribution in [0.4, 0.5) is 8.78 Å². The van der Waals surface area contributed by atoms with E-state index < -0.39 is 52.9 Å². The van der Waals surface area contributed by atoms with Crippen molar-refractivity contribution in [3.8, 4) is 11.5 Å². The van der Waals surface area contributed by atoms with Crippen molar-refractivity contribution in [2.24, 2.45) is 0 Å². The molecular formula is C24H28ClF2N3O7. The van der Waals surface area contributed by atoms with Gasteiger partial charge in [0.2, 0.25) is 0 Å². The van der Waals surface area contributed by atoms with E-state index in [1.165, 1.54) is 31.4 Å². The zero-order valence-electron chi connectivity index (χ0n) is 20.0. The molecule has 202 valence electrons. The molecule has 13 heteroatoms. The van der Waals surface area contributed by atoms with E-state index in [9.17, 15) is 28.7 Å². The van der Waals surface area contributed by atoms with Gasteiger partial charge in [0.1, 0.15) is 18.1 Å². The van der Waals surface area contributed by atoms with E-state index in [1.807, 2.05) is 6.79 Å². The summed E-state index contributed by atoms with van der Waals surface area (Å²) in [5.41, 5.74) is -0.436. The van der Waals surface area contributed by atoms with Crippen LogP contribution in [0.3, 0.4) is 0 Å². The van der Waals surface area contributed by atoms with Gasteiger partial charge in [0.15, 0.2) is 17.4 Å². The quantitative estimate of drug-likeness (QED) is 0.203. The minimum Gasteiger partial charge on any atom is -0.451 e. The van der Waals surface area contributed by atoms with E-state index in [0.717, 1.165) is 17.0 Å². The fourth-order valence-electron chi connectivity index (χ4n) is 4.13. The van der Waals surface area contributed by atoms with Crippen LogP contribution in [-0.4, -0.2) is 78.8 Å². The van der Waals surface area contributed by atoms with Crippen molar-refractivity contribution in [3.05, 3.63) is 58.6 Å². The molecule has 2 aromatic rings. The first kappa shape index (κ1) is 30.1. The molecule has 1 aliphatic rings. The number of rotatable bonds is 10. The minimum absolute atomic E-state index is 0.0896. The minimum atomic E-state index is -1.61. The Bertz CT molecular complexity index is 1050. The number of aliphatic hydroxyl groups is 1. The largest absolute Gasteiger partial charge is 0.451 e. The zero-order valence-corrected chi connectivity index (χ0v) is 20.8. The molecule has 2 amide bonds. The fourth-order valence-corrected chi connectivity index (χ4v) is 4.25. The summed E-state index contributed by atoms with van der Waals surface area (Å²) in [6.45, 7) is 2.07. The molecule has 4 N–H and O–H groups in total. The number of hydrogen-bond donors (Lipinski definition) is 4. The van der Waals surface area contributed by atoms with Gasteiger partial charge in [0, 0.05) is 30.8 Å². The highest BCUT2D eigenvalue weighted by Crippen LogP contribution is 2.37. The van der Waals surface area contributed by atoms with Crippen molar-refractivity contribution in [1.82, 2.24) is 15.7 Å². The maximum Gasteiger partial charge on any atom is 0.270 e. The van der Waals surface area contributed by atoms with Gasteiger partial charge < -0.3 is 29.6 Å². The predicted molar refractivity (Wildman–Crippen MR) is 129 cm³/mol. The van der Waals surface area contributed by atoms with Crippen LogP contribution >= 0.6 is 11.6 Å². The lowest BCUT2D eigenvalue weighted by Gasteiger charge is -2.39. The van der Waals surface area contributed by atoms with Gasteiger partial charge in [0.25, 0.3) is 11.8 Å². The Morgan fingerprint density at radius 3 is 2.38 bits per heavy atom. The van der Waals surface area contributed by atoms with E-state index in [2.05, 4.69) is 5.32 Å². The van der Waals surface area contributed by atoms with Crippen LogP contribution in [-0.2, 0) is 14.3 Å². The van der Waals surface area contributed by atoms with Crippen molar-refractivity contribution < 1.29 is 43.0 Å². The number of hydrogen-bond acceptors (Lipinski definition) is 8. The maximum absolute atomic E-state index is 14.9. The van der Waals surface area contributed by atoms with Gasteiger partial charge in [-0.2, -0.15) is 0 Å². The Hall–Kier alpha value is -3.16. The van der Waals surface area contributed by atoms with Crippen molar-refractivity contribution in [2.45, 2.75) is 24.4 Å². The standard InChI is InChI=1S/C23H26ClF2N3O6.CH2O/c1-34-9-8-27-13-23(22(32)28-33)7-6-16(12-30)29(23)21(31)14-10-18(25)20(19(26)11-14)35-17-4-2-15(24)3-5-17;1-2/h2-5,10-11,16,27,30,33H,6-9,12-13H2,1H3,(H,28,32);1H2. The number of benzene rings is 2. The Morgan fingerprint density at radius 2 is 1.84 bits per heavy atom. The summed E-state index contributed by atoms with van der Waals surface area (Å²) in [6.07, 6.45) is 0.323. The summed E-state index contributed by atoms with van der Waals surface area (Å²) in [5, 5.41) is 22.6. The molecule has 0 aliphatic carbocycles. The van der Waals surface area contributed by atoms with Gasteiger partial charge in [-0.25, -0.2) is 14.3 Å². The molecule has 0 bridgehead atoms. The van der Waals surface area contributed by atoms with E-state index in [0.29, 0.717) is 18.2 Å². The number of methoxy groups -OCH3 is 1. The highest BCUT2D eigenvalue weighted by atomic mass is 35.5. The number of likely N-dealkylation sites (tertiary alicyclic amines) is 1. The molecule has 0 aromatic heterocycles. The highest BCUT2D eigenvalue weighted by Gasteiger charge is 2.53. The molecule has 2 unspecified atom stereocenters. The van der Waals surface area contributed by atoms with Crippen LogP contribution in [0.1, 0.15) is 23.2 Å². The summed E-state index contributed by atoms with van der Waals surface area (Å²) < 4.78 is 39.9. The molecule has 1 saturated heterocycles. The van der Waals surface area contributed by atoms with Crippen molar-refractivity contribution in [3.63, 3.8) is 0 Å². The molecule has 1 heterocycles. The topological polar surface area (TPSA) is 137 Å². The third-order valence-corrected chi connectivity index (χ3v) is 6.10. The number of carbonyl (C=O) groups excluding carboxylic acids is 3. The van der Waals surface area contributed by atoms with Crippen LogP contribution in [0.15, 0.2) is 36.4 Å². The van der Waals surface area contributed by atoms with Crippen molar-refractivity contribution in [2.75, 3.05) is 33.4 Å². The van der Waals surface area contributed by atoms with Crippen LogP contribution in [0.25, 0.3) is 0 Å².